The van der Waals surface area contributed by atoms with Gasteiger partial charge in [-0.25, -0.2) is 8.42 Å². The van der Waals surface area contributed by atoms with Gasteiger partial charge in [0.25, 0.3) is 0 Å². The Morgan fingerprint density at radius 2 is 1.43 bits per heavy atom. The number of carbonyl (C=O) groups excluding carboxylic acids is 2. The van der Waals surface area contributed by atoms with Crippen LogP contribution in [0.3, 0.4) is 0 Å². The zero-order valence-corrected chi connectivity index (χ0v) is 7.99. The number of cyclic esters (lactones) is 2. The van der Waals surface area contributed by atoms with Gasteiger partial charge in [-0.3, -0.25) is 9.59 Å². The van der Waals surface area contributed by atoms with E-state index in [0.717, 1.165) is 0 Å². The average Bonchev–Trinajstić information content (AvgIpc) is 2.42. The van der Waals surface area contributed by atoms with Gasteiger partial charge in [-0.2, -0.15) is 0 Å². The van der Waals surface area contributed by atoms with E-state index in [1.807, 2.05) is 0 Å². The van der Waals surface area contributed by atoms with Crippen LogP contribution in [0.4, 0.5) is 0 Å². The molecule has 0 spiro atoms. The second-order valence-electron chi connectivity index (χ2n) is 4.20. The van der Waals surface area contributed by atoms with E-state index in [2.05, 4.69) is 4.74 Å². The van der Waals surface area contributed by atoms with Gasteiger partial charge in [-0.05, 0) is 11.8 Å². The molecular weight excluding hydrogens is 208 g/mol. The minimum Gasteiger partial charge on any atom is -0.393 e. The predicted molar refractivity (Wildman–Crippen MR) is 43.7 cm³/mol. The topological polar surface area (TPSA) is 77.5 Å². The first-order chi connectivity index (χ1) is 6.49. The third-order valence-electron chi connectivity index (χ3n) is 3.50. The van der Waals surface area contributed by atoms with E-state index < -0.39 is 33.6 Å². The van der Waals surface area contributed by atoms with Crippen LogP contribution >= 0.6 is 0 Å². The average molecular weight is 216 g/mol. The molecule has 3 rings (SSSR count). The smallest absolute Gasteiger partial charge is 0.317 e. The van der Waals surface area contributed by atoms with Crippen molar-refractivity contribution in [3.63, 3.8) is 0 Å². The Labute approximate surface area is 80.3 Å². The Balaban J connectivity index is 1.98. The van der Waals surface area contributed by atoms with Crippen LogP contribution in [0.5, 0.6) is 0 Å². The second-order valence-corrected chi connectivity index (χ2v) is 6.35. The minimum atomic E-state index is -3.03. The molecule has 6 heteroatoms. The van der Waals surface area contributed by atoms with Crippen molar-refractivity contribution < 1.29 is 22.7 Å². The van der Waals surface area contributed by atoms with E-state index >= 15 is 0 Å². The van der Waals surface area contributed by atoms with Gasteiger partial charge >= 0.3 is 11.9 Å². The molecule has 0 bridgehead atoms. The van der Waals surface area contributed by atoms with Crippen molar-refractivity contribution in [2.75, 3.05) is 11.5 Å². The monoisotopic (exact) mass is 216 g/mol. The lowest BCUT2D eigenvalue weighted by Crippen LogP contribution is -2.47. The molecule has 3 aliphatic rings. The lowest BCUT2D eigenvalue weighted by molar-refractivity contribution is -0.153. The van der Waals surface area contributed by atoms with Crippen LogP contribution < -0.4 is 0 Å². The number of esters is 2. The molecule has 0 unspecified atom stereocenters. The van der Waals surface area contributed by atoms with E-state index in [9.17, 15) is 18.0 Å². The number of hydrogen-bond acceptors (Lipinski definition) is 5. The summed E-state index contributed by atoms with van der Waals surface area (Å²) in [6, 6.07) is 0. The van der Waals surface area contributed by atoms with Gasteiger partial charge in [0.15, 0.2) is 9.84 Å². The van der Waals surface area contributed by atoms with Crippen molar-refractivity contribution in [3.05, 3.63) is 0 Å². The Bertz CT molecular complexity index is 403. The molecular formula is C8H8O5S. The van der Waals surface area contributed by atoms with Crippen LogP contribution in [0.1, 0.15) is 0 Å². The fourth-order valence-corrected chi connectivity index (χ4v) is 5.12. The third-order valence-corrected chi connectivity index (χ3v) is 5.28. The molecule has 1 aliphatic carbocycles. The summed E-state index contributed by atoms with van der Waals surface area (Å²) in [5.74, 6) is -2.23. The van der Waals surface area contributed by atoms with Crippen LogP contribution in [0.25, 0.3) is 0 Å². The van der Waals surface area contributed by atoms with Gasteiger partial charge in [0.1, 0.15) is 0 Å². The molecule has 76 valence electrons. The number of hydrogen-bond donors (Lipinski definition) is 0. The first kappa shape index (κ1) is 8.40. The molecule has 1 saturated carbocycles. The van der Waals surface area contributed by atoms with Crippen molar-refractivity contribution >= 4 is 21.8 Å². The fourth-order valence-electron chi connectivity index (χ4n) is 2.91. The number of fused-ring (bicyclic) bond motifs is 4. The Hall–Kier alpha value is -0.910. The van der Waals surface area contributed by atoms with E-state index in [4.69, 9.17) is 0 Å². The molecule has 0 aromatic rings. The molecule has 3 fully saturated rings. The summed E-state index contributed by atoms with van der Waals surface area (Å²) in [4.78, 5) is 22.3. The predicted octanol–water partition coefficient (Wildman–Crippen LogP) is -1.02. The van der Waals surface area contributed by atoms with Crippen LogP contribution in [0, 0.1) is 23.7 Å². The fraction of sp³-hybridized carbons (Fsp3) is 0.750. The quantitative estimate of drug-likeness (QED) is 0.382. The molecule has 0 radical (unpaired) electrons. The first-order valence-corrected chi connectivity index (χ1v) is 6.28. The Kier molecular flexibility index (Phi) is 1.31. The lowest BCUT2D eigenvalue weighted by atomic mass is 9.59. The van der Waals surface area contributed by atoms with E-state index in [-0.39, 0.29) is 23.3 Å². The molecule has 2 heterocycles. The molecule has 5 nitrogen and oxygen atoms in total. The third kappa shape index (κ3) is 0.821. The van der Waals surface area contributed by atoms with Crippen molar-refractivity contribution in [2.24, 2.45) is 23.7 Å². The van der Waals surface area contributed by atoms with Gasteiger partial charge in [0.05, 0.1) is 23.3 Å². The second kappa shape index (κ2) is 2.18. The maximum atomic E-state index is 11.3. The van der Waals surface area contributed by atoms with Crippen LogP contribution in [-0.2, 0) is 24.2 Å². The molecule has 4 atom stereocenters. The highest BCUT2D eigenvalue weighted by Crippen LogP contribution is 2.55. The Morgan fingerprint density at radius 1 is 1.00 bits per heavy atom. The maximum absolute atomic E-state index is 11.3. The number of rotatable bonds is 0. The van der Waals surface area contributed by atoms with Crippen LogP contribution in [-0.4, -0.2) is 31.9 Å². The largest absolute Gasteiger partial charge is 0.393 e. The zero-order valence-electron chi connectivity index (χ0n) is 7.17. The zero-order chi connectivity index (χ0) is 10.1. The van der Waals surface area contributed by atoms with E-state index in [1.54, 1.807) is 0 Å². The van der Waals surface area contributed by atoms with Gasteiger partial charge < -0.3 is 4.74 Å². The highest BCUT2D eigenvalue weighted by atomic mass is 32.2. The number of carbonyl (C=O) groups is 2. The molecule has 0 N–H and O–H groups in total. The van der Waals surface area contributed by atoms with E-state index in [0.29, 0.717) is 0 Å². The molecule has 2 saturated heterocycles. The van der Waals surface area contributed by atoms with E-state index in [1.165, 1.54) is 0 Å². The standard InChI is InChI=1S/C8H8O5S/c9-7-5-3-1-14(11,12)2-4(3)6(5)8(10)13-7/h3-6H,1-2H2/t3-,4+,5-,6-/m1/s1. The van der Waals surface area contributed by atoms with Crippen LogP contribution in [0.2, 0.25) is 0 Å². The highest BCUT2D eigenvalue weighted by Gasteiger charge is 2.67. The first-order valence-electron chi connectivity index (χ1n) is 4.45. The summed E-state index contributed by atoms with van der Waals surface area (Å²) in [5, 5.41) is 0. The summed E-state index contributed by atoms with van der Waals surface area (Å²) >= 11 is 0. The van der Waals surface area contributed by atoms with Gasteiger partial charge in [0.2, 0.25) is 0 Å². The van der Waals surface area contributed by atoms with Gasteiger partial charge in [-0.1, -0.05) is 0 Å². The molecule has 0 aromatic heterocycles. The normalized spacial score (nSPS) is 48.0. The van der Waals surface area contributed by atoms with Crippen molar-refractivity contribution in [3.8, 4) is 0 Å². The molecule has 0 aromatic carbocycles. The molecule has 2 aliphatic heterocycles. The summed E-state index contributed by atoms with van der Waals surface area (Å²) in [6.45, 7) is 0. The van der Waals surface area contributed by atoms with Crippen molar-refractivity contribution in [1.29, 1.82) is 0 Å². The summed E-state index contributed by atoms with van der Waals surface area (Å²) in [5.41, 5.74) is 0. The summed E-state index contributed by atoms with van der Waals surface area (Å²) < 4.78 is 27.0. The lowest BCUT2D eigenvalue weighted by Gasteiger charge is -2.38. The maximum Gasteiger partial charge on any atom is 0.317 e. The number of sulfone groups is 1. The van der Waals surface area contributed by atoms with Crippen molar-refractivity contribution in [2.45, 2.75) is 0 Å². The Morgan fingerprint density at radius 3 is 1.86 bits per heavy atom. The van der Waals surface area contributed by atoms with Crippen LogP contribution in [0.15, 0.2) is 0 Å². The highest BCUT2D eigenvalue weighted by molar-refractivity contribution is 7.91. The SMILES string of the molecule is O=C1OC(=O)[C@@H]2[C@H]3CS(=O)(=O)C[C@H]3[C@@H]12. The molecule has 14 heavy (non-hydrogen) atoms. The summed E-state index contributed by atoms with van der Waals surface area (Å²) in [7, 11) is -3.03. The minimum absolute atomic E-state index is 0.0429. The van der Waals surface area contributed by atoms with Gasteiger partial charge in [0, 0.05) is 0 Å². The van der Waals surface area contributed by atoms with Gasteiger partial charge in [-0.15, -0.1) is 0 Å². The molecule has 0 amide bonds. The summed E-state index contributed by atoms with van der Waals surface area (Å²) in [6.07, 6.45) is 0. The number of ether oxygens (including phenoxy) is 1. The van der Waals surface area contributed by atoms with Crippen molar-refractivity contribution in [1.82, 2.24) is 0 Å².